The minimum atomic E-state index is 0.309. The van der Waals surface area contributed by atoms with Crippen molar-refractivity contribution < 1.29 is 0 Å². The molecule has 0 aromatic rings. The summed E-state index contributed by atoms with van der Waals surface area (Å²) in [6.07, 6.45) is 51.0. The van der Waals surface area contributed by atoms with Gasteiger partial charge in [-0.25, -0.2) is 0 Å². The Balaban J connectivity index is 3.01. The molecule has 1 atom stereocenters. The molecule has 0 amide bonds. The van der Waals surface area contributed by atoms with E-state index in [1.54, 1.807) is 25.2 Å². The topological polar surface area (TPSA) is 0 Å². The summed E-state index contributed by atoms with van der Waals surface area (Å²) >= 11 is 0. The van der Waals surface area contributed by atoms with Gasteiger partial charge in [-0.2, -0.15) is 0 Å². The first-order valence-electron chi connectivity index (χ1n) is 18.6. The van der Waals surface area contributed by atoms with E-state index < -0.39 is 0 Å². The molecular formula is C36H78P2. The molecule has 0 fully saturated rings. The summed E-state index contributed by atoms with van der Waals surface area (Å²) in [5.41, 5.74) is 0. The quantitative estimate of drug-likeness (QED) is 0.0523. The molecule has 2 heteroatoms. The molecule has 1 unspecified atom stereocenters. The Morgan fingerprint density at radius 1 is 0.289 bits per heavy atom. The van der Waals surface area contributed by atoms with Crippen LogP contribution in [-0.2, 0) is 0 Å². The molecule has 0 heterocycles. The van der Waals surface area contributed by atoms with Crippen molar-refractivity contribution in [2.75, 3.05) is 12.3 Å². The van der Waals surface area contributed by atoms with Crippen LogP contribution in [0, 0.1) is 0 Å². The van der Waals surface area contributed by atoms with Crippen LogP contribution in [0.4, 0.5) is 0 Å². The van der Waals surface area contributed by atoms with Crippen molar-refractivity contribution in [2.45, 2.75) is 219 Å². The number of hydrogen-bond donors (Lipinski definition) is 0. The van der Waals surface area contributed by atoms with Crippen LogP contribution in [0.3, 0.4) is 0 Å². The fourth-order valence-corrected chi connectivity index (χ4v) is 10.5. The van der Waals surface area contributed by atoms with Crippen LogP contribution in [0.5, 0.6) is 0 Å². The van der Waals surface area contributed by atoms with Gasteiger partial charge in [-0.3, -0.25) is 0 Å². The third-order valence-corrected chi connectivity index (χ3v) is 13.8. The summed E-state index contributed by atoms with van der Waals surface area (Å²) in [6.45, 7) is 4.62. The van der Waals surface area contributed by atoms with Gasteiger partial charge in [0.2, 0.25) is 0 Å². The van der Waals surface area contributed by atoms with Crippen molar-refractivity contribution >= 4 is 16.5 Å². The molecule has 0 saturated carbocycles. The monoisotopic (exact) mass is 573 g/mol. The standard InChI is InChI=1S/C36H78P2/c1-3-5-7-9-11-13-15-17-19-21-23-25-27-29-31-33-35-37-38-36-34-32-30-28-26-24-22-20-18-16-14-12-10-8-6-4-2/h37H,3-36H2,1-2,38H3. The Labute approximate surface area is 247 Å². The van der Waals surface area contributed by atoms with Gasteiger partial charge in [-0.1, -0.05) is 84.5 Å². The molecule has 0 rings (SSSR count). The van der Waals surface area contributed by atoms with E-state index in [-0.39, 0.29) is 0 Å². The Bertz CT molecular complexity index is 348. The first kappa shape index (κ1) is 38.9. The van der Waals surface area contributed by atoms with Crippen molar-refractivity contribution in [3.05, 3.63) is 0 Å². The molecule has 0 saturated heterocycles. The van der Waals surface area contributed by atoms with Crippen molar-refractivity contribution in [2.24, 2.45) is 0 Å². The molecule has 0 aliphatic heterocycles. The van der Waals surface area contributed by atoms with Crippen LogP contribution in [0.15, 0.2) is 0 Å². The third kappa shape index (κ3) is 36.9. The molecule has 0 aromatic heterocycles. The van der Waals surface area contributed by atoms with Crippen molar-refractivity contribution in [1.29, 1.82) is 0 Å². The number of rotatable bonds is 35. The van der Waals surface area contributed by atoms with Gasteiger partial charge in [-0.05, 0) is 0 Å². The third-order valence-electron chi connectivity index (χ3n) is 8.66. The van der Waals surface area contributed by atoms with Crippen LogP contribution in [-0.4, -0.2) is 12.3 Å². The smallest absolute Gasteiger partial charge is 0.0654 e. The number of hydrogen-bond acceptors (Lipinski definition) is 0. The van der Waals surface area contributed by atoms with Gasteiger partial charge < -0.3 is 0 Å². The molecule has 0 aliphatic carbocycles. The summed E-state index contributed by atoms with van der Waals surface area (Å²) in [5.74, 6) is 0. The van der Waals surface area contributed by atoms with E-state index in [9.17, 15) is 0 Å². The Morgan fingerprint density at radius 3 is 0.816 bits per heavy atom. The first-order valence-corrected chi connectivity index (χ1v) is 23.2. The molecule has 0 N–H and O–H groups in total. The van der Waals surface area contributed by atoms with Gasteiger partial charge >= 0.3 is 164 Å². The molecule has 0 bridgehead atoms. The summed E-state index contributed by atoms with van der Waals surface area (Å²) in [4.78, 5) is 0. The Hall–Kier alpha value is 0.860. The van der Waals surface area contributed by atoms with Crippen LogP contribution in [0.25, 0.3) is 0 Å². The molecular weight excluding hydrogens is 494 g/mol. The van der Waals surface area contributed by atoms with E-state index in [1.165, 1.54) is 201 Å². The van der Waals surface area contributed by atoms with E-state index in [2.05, 4.69) is 13.8 Å². The van der Waals surface area contributed by atoms with Crippen molar-refractivity contribution in [1.82, 2.24) is 0 Å². The molecule has 38 heavy (non-hydrogen) atoms. The van der Waals surface area contributed by atoms with Gasteiger partial charge in [0.05, 0.1) is 0 Å². The molecule has 0 aromatic carbocycles. The summed E-state index contributed by atoms with van der Waals surface area (Å²) in [5, 5.41) is 0. The maximum absolute atomic E-state index is 2.31. The first-order chi connectivity index (χ1) is 18.9. The maximum atomic E-state index is 2.31. The SMILES string of the molecule is CCCCCCCCCCCCCCCCCCP[PH3]CCCCCCCCCCCCCCCCCC. The predicted molar refractivity (Wildman–Crippen MR) is 188 cm³/mol. The second-order valence-electron chi connectivity index (χ2n) is 12.7. The zero-order valence-electron chi connectivity index (χ0n) is 27.2. The minimum Gasteiger partial charge on any atom is -0.0654 e. The van der Waals surface area contributed by atoms with Crippen molar-refractivity contribution in [3.63, 3.8) is 0 Å². The Morgan fingerprint density at radius 2 is 0.526 bits per heavy atom. The zero-order chi connectivity index (χ0) is 27.5. The second-order valence-corrected chi connectivity index (χ2v) is 17.9. The molecule has 0 radical (unpaired) electrons. The fraction of sp³-hybridized carbons (Fsp3) is 1.00. The minimum absolute atomic E-state index is 0.309. The van der Waals surface area contributed by atoms with Gasteiger partial charge in [0.15, 0.2) is 0 Å². The molecule has 232 valence electrons. The van der Waals surface area contributed by atoms with Gasteiger partial charge in [0.25, 0.3) is 0 Å². The summed E-state index contributed by atoms with van der Waals surface area (Å²) in [6, 6.07) is 0. The van der Waals surface area contributed by atoms with Crippen molar-refractivity contribution in [3.8, 4) is 0 Å². The van der Waals surface area contributed by atoms with Crippen LogP contribution >= 0.6 is 16.5 Å². The van der Waals surface area contributed by atoms with Crippen LogP contribution < -0.4 is 0 Å². The summed E-state index contributed by atoms with van der Waals surface area (Å²) in [7, 11) is 1.70. The van der Waals surface area contributed by atoms with Gasteiger partial charge in [0.1, 0.15) is 0 Å². The average Bonchev–Trinajstić information content (AvgIpc) is 2.93. The van der Waals surface area contributed by atoms with E-state index in [4.69, 9.17) is 0 Å². The van der Waals surface area contributed by atoms with Gasteiger partial charge in [0, 0.05) is 0 Å². The normalized spacial score (nSPS) is 11.9. The molecule has 0 spiro atoms. The number of unbranched alkanes of at least 4 members (excludes halogenated alkanes) is 30. The van der Waals surface area contributed by atoms with Crippen LogP contribution in [0.1, 0.15) is 219 Å². The van der Waals surface area contributed by atoms with E-state index in [1.807, 2.05) is 0 Å². The average molecular weight is 573 g/mol. The van der Waals surface area contributed by atoms with Gasteiger partial charge in [-0.15, -0.1) is 0 Å². The van der Waals surface area contributed by atoms with E-state index in [0.717, 1.165) is 0 Å². The fourth-order valence-electron chi connectivity index (χ4n) is 5.90. The van der Waals surface area contributed by atoms with Crippen LogP contribution in [0.2, 0.25) is 0 Å². The zero-order valence-corrected chi connectivity index (χ0v) is 29.7. The predicted octanol–water partition coefficient (Wildman–Crippen LogP) is 14.2. The van der Waals surface area contributed by atoms with E-state index in [0.29, 0.717) is 8.27 Å². The molecule has 0 nitrogen and oxygen atoms in total. The second kappa shape index (κ2) is 37.9. The Kier molecular flexibility index (Phi) is 38.7. The summed E-state index contributed by atoms with van der Waals surface area (Å²) < 4.78 is 0. The molecule has 0 aliphatic rings. The van der Waals surface area contributed by atoms with E-state index >= 15 is 0 Å².